The van der Waals surface area contributed by atoms with Crippen LogP contribution >= 0.6 is 11.5 Å². The van der Waals surface area contributed by atoms with Crippen LogP contribution in [0.15, 0.2) is 0 Å². The Bertz CT molecular complexity index is 453. The van der Waals surface area contributed by atoms with Crippen LogP contribution in [0.25, 0.3) is 0 Å². The van der Waals surface area contributed by atoms with Crippen molar-refractivity contribution in [2.24, 2.45) is 0 Å². The van der Waals surface area contributed by atoms with Gasteiger partial charge in [-0.05, 0) is 12.8 Å². The Labute approximate surface area is 117 Å². The van der Waals surface area contributed by atoms with Crippen molar-refractivity contribution in [3.05, 3.63) is 5.82 Å². The Balaban J connectivity index is 2.26. The van der Waals surface area contributed by atoms with Gasteiger partial charge in [0.1, 0.15) is 11.9 Å². The number of carboxylic acids is 1. The molecule has 1 aromatic rings. The monoisotopic (exact) mass is 283 g/mol. The zero-order valence-electron chi connectivity index (χ0n) is 11.7. The van der Waals surface area contributed by atoms with E-state index in [1.807, 2.05) is 4.90 Å². The highest BCUT2D eigenvalue weighted by Crippen LogP contribution is 2.29. The van der Waals surface area contributed by atoms with Crippen molar-refractivity contribution < 1.29 is 9.90 Å². The fraction of sp³-hybridized carbons (Fsp3) is 0.769. The molecular formula is C13H21N3O2S. The van der Waals surface area contributed by atoms with Gasteiger partial charge >= 0.3 is 5.97 Å². The highest BCUT2D eigenvalue weighted by Gasteiger charge is 2.30. The van der Waals surface area contributed by atoms with Crippen molar-refractivity contribution in [2.75, 3.05) is 11.4 Å². The molecule has 106 valence electrons. The summed E-state index contributed by atoms with van der Waals surface area (Å²) in [4.78, 5) is 17.9. The Morgan fingerprint density at radius 3 is 2.68 bits per heavy atom. The number of aromatic nitrogens is 2. The molecule has 1 aliphatic heterocycles. The third kappa shape index (κ3) is 3.23. The number of hydrogen-bond donors (Lipinski definition) is 1. The van der Waals surface area contributed by atoms with Crippen LogP contribution in [0, 0.1) is 0 Å². The molecule has 0 aromatic carbocycles. The van der Waals surface area contributed by atoms with Crippen LogP contribution in [-0.2, 0) is 10.2 Å². The molecule has 5 nitrogen and oxygen atoms in total. The van der Waals surface area contributed by atoms with Crippen LogP contribution in [-0.4, -0.2) is 33.0 Å². The summed E-state index contributed by atoms with van der Waals surface area (Å²) in [5, 5.41) is 10.1. The van der Waals surface area contributed by atoms with E-state index in [1.54, 1.807) is 0 Å². The van der Waals surface area contributed by atoms with E-state index in [4.69, 9.17) is 0 Å². The van der Waals surface area contributed by atoms with Gasteiger partial charge in [0.25, 0.3) is 0 Å². The van der Waals surface area contributed by atoms with Gasteiger partial charge in [-0.1, -0.05) is 33.6 Å². The second-order valence-corrected chi connectivity index (χ2v) is 6.78. The first-order chi connectivity index (χ1) is 8.89. The molecule has 0 saturated carbocycles. The SMILES string of the molecule is CC(C)(C)c1nsc(N2CCCCCC2C(=O)O)n1. The van der Waals surface area contributed by atoms with Gasteiger partial charge in [-0.2, -0.15) is 4.37 Å². The maximum Gasteiger partial charge on any atom is 0.326 e. The Morgan fingerprint density at radius 1 is 1.37 bits per heavy atom. The van der Waals surface area contributed by atoms with Crippen LogP contribution in [0.3, 0.4) is 0 Å². The van der Waals surface area contributed by atoms with Crippen LogP contribution in [0.2, 0.25) is 0 Å². The van der Waals surface area contributed by atoms with Gasteiger partial charge < -0.3 is 10.0 Å². The van der Waals surface area contributed by atoms with Gasteiger partial charge in [-0.3, -0.25) is 0 Å². The minimum Gasteiger partial charge on any atom is -0.480 e. The summed E-state index contributed by atoms with van der Waals surface area (Å²) in [6.07, 6.45) is 3.78. The molecule has 1 atom stereocenters. The van der Waals surface area contributed by atoms with Crippen molar-refractivity contribution in [2.45, 2.75) is 57.9 Å². The van der Waals surface area contributed by atoms with Gasteiger partial charge in [0.05, 0.1) is 0 Å². The fourth-order valence-corrected chi connectivity index (χ4v) is 3.16. The van der Waals surface area contributed by atoms with E-state index in [0.29, 0.717) is 6.42 Å². The second-order valence-electron chi connectivity index (χ2n) is 6.05. The van der Waals surface area contributed by atoms with Gasteiger partial charge in [0.2, 0.25) is 5.13 Å². The summed E-state index contributed by atoms with van der Waals surface area (Å²) in [6, 6.07) is -0.455. The molecule has 1 aliphatic rings. The number of rotatable bonds is 2. The van der Waals surface area contributed by atoms with Crippen LogP contribution in [0.4, 0.5) is 5.13 Å². The van der Waals surface area contributed by atoms with Crippen molar-refractivity contribution >= 4 is 22.6 Å². The first kappa shape index (κ1) is 14.2. The first-order valence-electron chi connectivity index (χ1n) is 6.73. The molecule has 0 spiro atoms. The van der Waals surface area contributed by atoms with Gasteiger partial charge in [-0.15, -0.1) is 0 Å². The average molecular weight is 283 g/mol. The normalized spacial score (nSPS) is 21.2. The highest BCUT2D eigenvalue weighted by atomic mass is 32.1. The summed E-state index contributed by atoms with van der Waals surface area (Å²) >= 11 is 1.31. The third-order valence-electron chi connectivity index (χ3n) is 3.37. The predicted octanol–water partition coefficient (Wildman–Crippen LogP) is 2.67. The standard InChI is InChI=1S/C13H21N3O2S/c1-13(2,3)11-14-12(19-15-11)16-8-6-4-5-7-9(16)10(17)18/h9H,4-8H2,1-3H3,(H,17,18). The first-order valence-corrected chi connectivity index (χ1v) is 7.50. The molecule has 0 aliphatic carbocycles. The fourth-order valence-electron chi connectivity index (χ4n) is 2.23. The molecule has 1 N–H and O–H groups in total. The number of hydrogen-bond acceptors (Lipinski definition) is 5. The predicted molar refractivity (Wildman–Crippen MR) is 75.8 cm³/mol. The van der Waals surface area contributed by atoms with E-state index in [9.17, 15) is 9.90 Å². The molecular weight excluding hydrogens is 262 g/mol. The van der Waals surface area contributed by atoms with Crippen molar-refractivity contribution in [3.8, 4) is 0 Å². The molecule has 2 rings (SSSR count). The van der Waals surface area contributed by atoms with Crippen LogP contribution in [0.5, 0.6) is 0 Å². The van der Waals surface area contributed by atoms with Gasteiger partial charge in [0, 0.05) is 23.5 Å². The molecule has 1 unspecified atom stereocenters. The lowest BCUT2D eigenvalue weighted by Gasteiger charge is -2.25. The van der Waals surface area contributed by atoms with Gasteiger partial charge in [0.15, 0.2) is 0 Å². The molecule has 19 heavy (non-hydrogen) atoms. The Hall–Kier alpha value is -1.17. The molecule has 0 radical (unpaired) electrons. The van der Waals surface area contributed by atoms with E-state index in [1.165, 1.54) is 11.5 Å². The largest absolute Gasteiger partial charge is 0.480 e. The summed E-state index contributed by atoms with van der Waals surface area (Å²) in [7, 11) is 0. The number of carbonyl (C=O) groups is 1. The van der Waals surface area contributed by atoms with Crippen molar-refractivity contribution in [1.29, 1.82) is 0 Å². The summed E-state index contributed by atoms with van der Waals surface area (Å²) in [5.74, 6) is 0.0373. The lowest BCUT2D eigenvalue weighted by Crippen LogP contribution is -2.40. The lowest BCUT2D eigenvalue weighted by atomic mass is 9.96. The quantitative estimate of drug-likeness (QED) is 0.904. The maximum atomic E-state index is 11.4. The Kier molecular flexibility index (Phi) is 4.08. The molecule has 6 heteroatoms. The Morgan fingerprint density at radius 2 is 2.11 bits per heavy atom. The van der Waals surface area contributed by atoms with E-state index in [0.717, 1.165) is 36.8 Å². The maximum absolute atomic E-state index is 11.4. The second kappa shape index (κ2) is 5.45. The van der Waals surface area contributed by atoms with E-state index in [2.05, 4.69) is 30.1 Å². The molecule has 1 aromatic heterocycles. The molecule has 0 bridgehead atoms. The smallest absolute Gasteiger partial charge is 0.326 e. The highest BCUT2D eigenvalue weighted by molar-refractivity contribution is 7.09. The topological polar surface area (TPSA) is 66.3 Å². The molecule has 0 amide bonds. The number of carboxylic acid groups (broad SMARTS) is 1. The lowest BCUT2D eigenvalue weighted by molar-refractivity contribution is -0.138. The number of aliphatic carboxylic acids is 1. The van der Waals surface area contributed by atoms with Crippen LogP contribution in [0.1, 0.15) is 52.3 Å². The van der Waals surface area contributed by atoms with Crippen LogP contribution < -0.4 is 4.90 Å². The number of nitrogens with zero attached hydrogens (tertiary/aromatic N) is 3. The molecule has 1 fully saturated rings. The summed E-state index contributed by atoms with van der Waals surface area (Å²) in [5.41, 5.74) is -0.0979. The summed E-state index contributed by atoms with van der Waals surface area (Å²) < 4.78 is 4.38. The van der Waals surface area contributed by atoms with Gasteiger partial charge in [-0.25, -0.2) is 9.78 Å². The molecule has 2 heterocycles. The van der Waals surface area contributed by atoms with E-state index in [-0.39, 0.29) is 5.41 Å². The minimum atomic E-state index is -0.755. The zero-order chi connectivity index (χ0) is 14.0. The summed E-state index contributed by atoms with van der Waals surface area (Å²) in [6.45, 7) is 6.96. The number of anilines is 1. The minimum absolute atomic E-state index is 0.0979. The van der Waals surface area contributed by atoms with E-state index < -0.39 is 12.0 Å². The average Bonchev–Trinajstić information content (AvgIpc) is 2.67. The zero-order valence-corrected chi connectivity index (χ0v) is 12.5. The van der Waals surface area contributed by atoms with E-state index >= 15 is 0 Å². The third-order valence-corrected chi connectivity index (χ3v) is 4.12. The van der Waals surface area contributed by atoms with Crippen molar-refractivity contribution in [3.63, 3.8) is 0 Å². The molecule has 1 saturated heterocycles. The van der Waals surface area contributed by atoms with Crippen molar-refractivity contribution in [1.82, 2.24) is 9.36 Å².